The summed E-state index contributed by atoms with van der Waals surface area (Å²) in [6, 6.07) is 4.88. The highest BCUT2D eigenvalue weighted by Gasteiger charge is 2.44. The molecule has 0 aromatic heterocycles. The monoisotopic (exact) mass is 312 g/mol. The third-order valence-electron chi connectivity index (χ3n) is 3.69. The number of hydrogen-bond donors (Lipinski definition) is 2. The minimum Gasteiger partial charge on any atom is -0.492 e. The highest BCUT2D eigenvalue weighted by Crippen LogP contribution is 2.31. The van der Waals surface area contributed by atoms with E-state index in [1.54, 1.807) is 25.1 Å². The zero-order valence-electron chi connectivity index (χ0n) is 12.3. The van der Waals surface area contributed by atoms with Crippen molar-refractivity contribution in [3.8, 4) is 5.75 Å². The third-order valence-corrected chi connectivity index (χ3v) is 3.98. The van der Waals surface area contributed by atoms with E-state index in [0.717, 1.165) is 6.42 Å². The van der Waals surface area contributed by atoms with Gasteiger partial charge in [-0.05, 0) is 31.5 Å². The van der Waals surface area contributed by atoms with Crippen LogP contribution in [0.2, 0.25) is 5.02 Å². The zero-order valence-corrected chi connectivity index (χ0v) is 13.1. The second-order valence-corrected chi connectivity index (χ2v) is 5.89. The molecule has 6 heteroatoms. The van der Waals surface area contributed by atoms with Crippen molar-refractivity contribution in [3.63, 3.8) is 0 Å². The number of nitrogens with one attached hydrogen (secondary N) is 1. The molecule has 1 amide bonds. The minimum atomic E-state index is -0.718. The van der Waals surface area contributed by atoms with Gasteiger partial charge in [0.25, 0.3) is 0 Å². The van der Waals surface area contributed by atoms with Crippen LogP contribution < -0.4 is 15.8 Å². The molecule has 3 N–H and O–H groups in total. The first kappa shape index (κ1) is 16.1. The molecule has 1 saturated heterocycles. The van der Waals surface area contributed by atoms with Gasteiger partial charge in [-0.3, -0.25) is 4.79 Å². The van der Waals surface area contributed by atoms with Crippen molar-refractivity contribution in [2.24, 2.45) is 11.1 Å². The molecule has 1 heterocycles. The lowest BCUT2D eigenvalue weighted by atomic mass is 9.85. The van der Waals surface area contributed by atoms with Crippen LogP contribution in [0.15, 0.2) is 18.2 Å². The van der Waals surface area contributed by atoms with Crippen LogP contribution in [0.25, 0.3) is 0 Å². The molecule has 1 aliphatic heterocycles. The normalized spacial score (nSPS) is 24.9. The quantitative estimate of drug-likeness (QED) is 0.875. The van der Waals surface area contributed by atoms with Crippen LogP contribution in [0.4, 0.5) is 5.69 Å². The van der Waals surface area contributed by atoms with E-state index < -0.39 is 5.41 Å². The van der Waals surface area contributed by atoms with E-state index in [9.17, 15) is 4.79 Å². The molecule has 2 atom stereocenters. The SMILES string of the molecule is CCCOc1ccc(NC(=O)C2(C)COCC2N)cc1Cl. The Morgan fingerprint density at radius 1 is 1.62 bits per heavy atom. The minimum absolute atomic E-state index is 0.161. The van der Waals surface area contributed by atoms with Gasteiger partial charge in [0.2, 0.25) is 5.91 Å². The number of carbonyl (C=O) groups excluding carboxylic acids is 1. The summed E-state index contributed by atoms with van der Waals surface area (Å²) in [5, 5.41) is 3.31. The van der Waals surface area contributed by atoms with Gasteiger partial charge in [0.1, 0.15) is 5.75 Å². The maximum atomic E-state index is 12.4. The molecule has 0 bridgehead atoms. The first-order valence-corrected chi connectivity index (χ1v) is 7.42. The van der Waals surface area contributed by atoms with Crippen molar-refractivity contribution in [1.29, 1.82) is 0 Å². The van der Waals surface area contributed by atoms with Gasteiger partial charge < -0.3 is 20.5 Å². The largest absolute Gasteiger partial charge is 0.492 e. The number of nitrogens with two attached hydrogens (primary N) is 1. The van der Waals surface area contributed by atoms with Gasteiger partial charge in [-0.2, -0.15) is 0 Å². The van der Waals surface area contributed by atoms with Crippen LogP contribution in [0.5, 0.6) is 5.75 Å². The summed E-state index contributed by atoms with van der Waals surface area (Å²) >= 11 is 6.15. The van der Waals surface area contributed by atoms with E-state index in [1.807, 2.05) is 6.92 Å². The number of anilines is 1. The maximum absolute atomic E-state index is 12.4. The highest BCUT2D eigenvalue weighted by molar-refractivity contribution is 6.32. The Bertz CT molecular complexity index is 524. The predicted octanol–water partition coefficient (Wildman–Crippen LogP) is 2.43. The molecule has 0 aliphatic carbocycles. The van der Waals surface area contributed by atoms with Gasteiger partial charge in [-0.1, -0.05) is 18.5 Å². The van der Waals surface area contributed by atoms with Crippen LogP contribution in [-0.4, -0.2) is 31.8 Å². The van der Waals surface area contributed by atoms with E-state index in [4.69, 9.17) is 26.8 Å². The molecule has 1 fully saturated rings. The Hall–Kier alpha value is -1.30. The van der Waals surface area contributed by atoms with Crippen molar-refractivity contribution in [2.45, 2.75) is 26.3 Å². The van der Waals surface area contributed by atoms with Crippen LogP contribution in [0, 0.1) is 5.41 Å². The second kappa shape index (κ2) is 6.64. The number of halogens is 1. The number of amides is 1. The Morgan fingerprint density at radius 2 is 2.38 bits per heavy atom. The highest BCUT2D eigenvalue weighted by atomic mass is 35.5. The Morgan fingerprint density at radius 3 is 2.95 bits per heavy atom. The lowest BCUT2D eigenvalue weighted by molar-refractivity contribution is -0.125. The van der Waals surface area contributed by atoms with Gasteiger partial charge >= 0.3 is 0 Å². The fraction of sp³-hybridized carbons (Fsp3) is 0.533. The fourth-order valence-corrected chi connectivity index (χ4v) is 2.34. The second-order valence-electron chi connectivity index (χ2n) is 5.49. The third kappa shape index (κ3) is 3.48. The molecule has 21 heavy (non-hydrogen) atoms. The van der Waals surface area contributed by atoms with Crippen molar-refractivity contribution >= 4 is 23.2 Å². The van der Waals surface area contributed by atoms with Gasteiger partial charge in [-0.15, -0.1) is 0 Å². The summed E-state index contributed by atoms with van der Waals surface area (Å²) in [4.78, 5) is 12.4. The number of ether oxygens (including phenoxy) is 2. The molecular formula is C15H21ClN2O3. The Kier molecular flexibility index (Phi) is 5.08. The molecule has 1 aliphatic rings. The van der Waals surface area contributed by atoms with Crippen molar-refractivity contribution in [3.05, 3.63) is 23.2 Å². The summed E-state index contributed by atoms with van der Waals surface area (Å²) < 4.78 is 10.8. The lowest BCUT2D eigenvalue weighted by Crippen LogP contribution is -2.47. The maximum Gasteiger partial charge on any atom is 0.234 e. The summed E-state index contributed by atoms with van der Waals surface area (Å²) in [5.74, 6) is 0.453. The molecule has 5 nitrogen and oxygen atoms in total. The van der Waals surface area contributed by atoms with Crippen LogP contribution >= 0.6 is 11.6 Å². The van der Waals surface area contributed by atoms with Crippen molar-refractivity contribution in [2.75, 3.05) is 25.1 Å². The topological polar surface area (TPSA) is 73.6 Å². The van der Waals surface area contributed by atoms with Crippen LogP contribution in [0.3, 0.4) is 0 Å². The number of rotatable bonds is 5. The molecule has 0 radical (unpaired) electrons. The lowest BCUT2D eigenvalue weighted by Gasteiger charge is -2.25. The molecular weight excluding hydrogens is 292 g/mol. The number of hydrogen-bond acceptors (Lipinski definition) is 4. The first-order valence-electron chi connectivity index (χ1n) is 7.04. The smallest absolute Gasteiger partial charge is 0.234 e. The summed E-state index contributed by atoms with van der Waals surface area (Å²) in [6.07, 6.45) is 0.908. The van der Waals surface area contributed by atoms with Gasteiger partial charge in [0, 0.05) is 11.7 Å². The van der Waals surface area contributed by atoms with E-state index in [1.165, 1.54) is 0 Å². The number of benzene rings is 1. The van der Waals surface area contributed by atoms with Gasteiger partial charge in [0.05, 0.1) is 30.3 Å². The summed E-state index contributed by atoms with van der Waals surface area (Å²) in [6.45, 7) is 5.16. The zero-order chi connectivity index (χ0) is 15.5. The van der Waals surface area contributed by atoms with Crippen LogP contribution in [-0.2, 0) is 9.53 Å². The molecule has 1 aromatic carbocycles. The van der Waals surface area contributed by atoms with E-state index in [0.29, 0.717) is 36.3 Å². The predicted molar refractivity (Wildman–Crippen MR) is 82.8 cm³/mol. The fourth-order valence-electron chi connectivity index (χ4n) is 2.10. The Balaban J connectivity index is 2.06. The van der Waals surface area contributed by atoms with E-state index in [-0.39, 0.29) is 11.9 Å². The molecule has 116 valence electrons. The Labute approximate surface area is 129 Å². The van der Waals surface area contributed by atoms with Gasteiger partial charge in [0.15, 0.2) is 0 Å². The van der Waals surface area contributed by atoms with Crippen LogP contribution in [0.1, 0.15) is 20.3 Å². The summed E-state index contributed by atoms with van der Waals surface area (Å²) in [7, 11) is 0. The van der Waals surface area contributed by atoms with E-state index >= 15 is 0 Å². The molecule has 0 saturated carbocycles. The van der Waals surface area contributed by atoms with Crippen molar-refractivity contribution in [1.82, 2.24) is 0 Å². The average molecular weight is 313 g/mol. The average Bonchev–Trinajstić information content (AvgIpc) is 2.79. The van der Waals surface area contributed by atoms with E-state index in [2.05, 4.69) is 5.32 Å². The first-order chi connectivity index (χ1) is 9.97. The van der Waals surface area contributed by atoms with Crippen molar-refractivity contribution < 1.29 is 14.3 Å². The standard InChI is InChI=1S/C15H21ClN2O3/c1-3-6-21-12-5-4-10(7-11(12)16)18-14(19)15(2)9-20-8-13(15)17/h4-5,7,13H,3,6,8-9,17H2,1-2H3,(H,18,19). The van der Waals surface area contributed by atoms with Gasteiger partial charge in [-0.25, -0.2) is 0 Å². The molecule has 2 rings (SSSR count). The number of carbonyl (C=O) groups is 1. The molecule has 2 unspecified atom stereocenters. The molecule has 0 spiro atoms. The molecule has 1 aromatic rings. The summed E-state index contributed by atoms with van der Waals surface area (Å²) in [5.41, 5.74) is 5.85.